The van der Waals surface area contributed by atoms with Crippen LogP contribution in [0.5, 0.6) is 5.75 Å². The van der Waals surface area contributed by atoms with E-state index in [0.717, 1.165) is 11.0 Å². The molecule has 0 fully saturated rings. The number of rotatable bonds is 5. The molecule has 0 aliphatic carbocycles. The zero-order valence-electron chi connectivity index (χ0n) is 12.0. The number of benzene rings is 1. The molecule has 0 unspecified atom stereocenters. The first-order valence-electron chi connectivity index (χ1n) is 6.69. The van der Waals surface area contributed by atoms with Crippen LogP contribution in [0.1, 0.15) is 18.9 Å². The third-order valence-electron chi connectivity index (χ3n) is 3.19. The Bertz CT molecular complexity index is 749. The molecule has 0 spiro atoms. The maximum atomic E-state index is 13.9. The summed E-state index contributed by atoms with van der Waals surface area (Å²) in [6.45, 7) is 2.35. The third kappa shape index (κ3) is 3.21. The summed E-state index contributed by atoms with van der Waals surface area (Å²) < 4.78 is 21.3. The van der Waals surface area contributed by atoms with Crippen LogP contribution < -0.4 is 16.0 Å². The fourth-order valence-electron chi connectivity index (χ4n) is 2.07. The molecule has 1 heterocycles. The Kier molecular flexibility index (Phi) is 4.57. The molecule has 0 aliphatic rings. The summed E-state index contributed by atoms with van der Waals surface area (Å²) in [7, 11) is 1.44. The molecular weight excluding hydrogens is 275 g/mol. The minimum absolute atomic E-state index is 0.0992. The van der Waals surface area contributed by atoms with Gasteiger partial charge in [-0.3, -0.25) is 9.36 Å². The Morgan fingerprint density at radius 1 is 1.24 bits per heavy atom. The normalized spacial score (nSPS) is 10.6. The standard InChI is InChI=1S/C15H17FN2O3/c1-3-7-17-8-6-14(19)18(15(17)20)10-11-4-5-12(21-2)9-13(11)16/h4-6,8-9H,3,7,10H2,1-2H3. The van der Waals surface area contributed by atoms with E-state index in [1.807, 2.05) is 6.92 Å². The number of methoxy groups -OCH3 is 1. The predicted octanol–water partition coefficient (Wildman–Crippen LogP) is 1.62. The number of aryl methyl sites for hydroxylation is 1. The first-order chi connectivity index (χ1) is 10.1. The number of aromatic nitrogens is 2. The molecule has 21 heavy (non-hydrogen) atoms. The second kappa shape index (κ2) is 6.39. The number of hydrogen-bond acceptors (Lipinski definition) is 3. The smallest absolute Gasteiger partial charge is 0.331 e. The van der Waals surface area contributed by atoms with Gasteiger partial charge in [0.2, 0.25) is 0 Å². The topological polar surface area (TPSA) is 53.2 Å². The SMILES string of the molecule is CCCn1ccc(=O)n(Cc2ccc(OC)cc2F)c1=O. The maximum absolute atomic E-state index is 13.9. The van der Waals surface area contributed by atoms with E-state index in [2.05, 4.69) is 0 Å². The van der Waals surface area contributed by atoms with E-state index in [0.29, 0.717) is 12.3 Å². The molecule has 0 saturated heterocycles. The van der Waals surface area contributed by atoms with E-state index in [4.69, 9.17) is 4.74 Å². The molecule has 0 atom stereocenters. The van der Waals surface area contributed by atoms with E-state index in [9.17, 15) is 14.0 Å². The lowest BCUT2D eigenvalue weighted by molar-refractivity contribution is 0.410. The highest BCUT2D eigenvalue weighted by molar-refractivity contribution is 5.29. The molecule has 2 aromatic rings. The largest absolute Gasteiger partial charge is 0.497 e. The minimum Gasteiger partial charge on any atom is -0.497 e. The monoisotopic (exact) mass is 292 g/mol. The van der Waals surface area contributed by atoms with Gasteiger partial charge in [-0.05, 0) is 12.5 Å². The lowest BCUT2D eigenvalue weighted by Crippen LogP contribution is -2.39. The molecule has 0 saturated carbocycles. The number of nitrogens with zero attached hydrogens (tertiary/aromatic N) is 2. The van der Waals surface area contributed by atoms with Crippen LogP contribution in [0.2, 0.25) is 0 Å². The quantitative estimate of drug-likeness (QED) is 0.841. The van der Waals surface area contributed by atoms with Gasteiger partial charge in [0.1, 0.15) is 11.6 Å². The van der Waals surface area contributed by atoms with Gasteiger partial charge in [0, 0.05) is 30.4 Å². The van der Waals surface area contributed by atoms with Crippen molar-refractivity contribution < 1.29 is 9.13 Å². The van der Waals surface area contributed by atoms with Crippen molar-refractivity contribution in [1.82, 2.24) is 9.13 Å². The Balaban J connectivity index is 2.42. The average molecular weight is 292 g/mol. The minimum atomic E-state index is -0.508. The van der Waals surface area contributed by atoms with Gasteiger partial charge >= 0.3 is 5.69 Å². The lowest BCUT2D eigenvalue weighted by Gasteiger charge is -2.10. The summed E-state index contributed by atoms with van der Waals surface area (Å²) >= 11 is 0. The Labute approximate surface area is 121 Å². The van der Waals surface area contributed by atoms with E-state index >= 15 is 0 Å². The van der Waals surface area contributed by atoms with Gasteiger partial charge in [-0.15, -0.1) is 0 Å². The van der Waals surface area contributed by atoms with Crippen LogP contribution in [0, 0.1) is 5.82 Å². The fourth-order valence-corrected chi connectivity index (χ4v) is 2.07. The van der Waals surface area contributed by atoms with Crippen molar-refractivity contribution in [2.24, 2.45) is 0 Å². The number of halogens is 1. The summed E-state index contributed by atoms with van der Waals surface area (Å²) in [6, 6.07) is 5.65. The highest BCUT2D eigenvalue weighted by Crippen LogP contribution is 2.16. The van der Waals surface area contributed by atoms with Gasteiger partial charge in [-0.25, -0.2) is 9.18 Å². The average Bonchev–Trinajstić information content (AvgIpc) is 2.48. The molecule has 0 aliphatic heterocycles. The van der Waals surface area contributed by atoms with E-state index in [1.165, 1.54) is 36.1 Å². The molecule has 6 heteroatoms. The Hall–Kier alpha value is -2.37. The van der Waals surface area contributed by atoms with Crippen LogP contribution in [0.3, 0.4) is 0 Å². The highest BCUT2D eigenvalue weighted by Gasteiger charge is 2.09. The van der Waals surface area contributed by atoms with Gasteiger partial charge < -0.3 is 9.30 Å². The Morgan fingerprint density at radius 2 is 2.00 bits per heavy atom. The zero-order valence-corrected chi connectivity index (χ0v) is 12.0. The molecule has 0 N–H and O–H groups in total. The molecule has 1 aromatic heterocycles. The highest BCUT2D eigenvalue weighted by atomic mass is 19.1. The summed E-state index contributed by atoms with van der Waals surface area (Å²) in [4.78, 5) is 24.0. The second-order valence-electron chi connectivity index (χ2n) is 4.67. The van der Waals surface area contributed by atoms with Crippen molar-refractivity contribution in [1.29, 1.82) is 0 Å². The second-order valence-corrected chi connectivity index (χ2v) is 4.67. The van der Waals surface area contributed by atoms with Gasteiger partial charge in [0.15, 0.2) is 0 Å². The molecule has 0 bridgehead atoms. The predicted molar refractivity (Wildman–Crippen MR) is 77.3 cm³/mol. The number of hydrogen-bond donors (Lipinski definition) is 0. The molecule has 5 nitrogen and oxygen atoms in total. The van der Waals surface area contributed by atoms with Crippen LogP contribution in [-0.4, -0.2) is 16.2 Å². The van der Waals surface area contributed by atoms with Crippen LogP contribution in [-0.2, 0) is 13.1 Å². The van der Waals surface area contributed by atoms with Gasteiger partial charge in [-0.1, -0.05) is 13.0 Å². The lowest BCUT2D eigenvalue weighted by atomic mass is 10.2. The van der Waals surface area contributed by atoms with E-state index in [1.54, 1.807) is 6.07 Å². The molecular formula is C15H17FN2O3. The van der Waals surface area contributed by atoms with Gasteiger partial charge in [-0.2, -0.15) is 0 Å². The fraction of sp³-hybridized carbons (Fsp3) is 0.333. The first kappa shape index (κ1) is 15.0. The first-order valence-corrected chi connectivity index (χ1v) is 6.69. The Morgan fingerprint density at radius 3 is 2.62 bits per heavy atom. The molecule has 1 aromatic carbocycles. The van der Waals surface area contributed by atoms with E-state index < -0.39 is 17.1 Å². The van der Waals surface area contributed by atoms with Crippen LogP contribution in [0.25, 0.3) is 0 Å². The van der Waals surface area contributed by atoms with Crippen LogP contribution in [0.4, 0.5) is 4.39 Å². The van der Waals surface area contributed by atoms with Crippen molar-refractivity contribution in [3.63, 3.8) is 0 Å². The maximum Gasteiger partial charge on any atom is 0.331 e. The number of ether oxygens (including phenoxy) is 1. The van der Waals surface area contributed by atoms with Crippen molar-refractivity contribution in [3.05, 3.63) is 62.7 Å². The van der Waals surface area contributed by atoms with Gasteiger partial charge in [0.05, 0.1) is 13.7 Å². The summed E-state index contributed by atoms with van der Waals surface area (Å²) in [5, 5.41) is 0. The van der Waals surface area contributed by atoms with Crippen LogP contribution >= 0.6 is 0 Å². The van der Waals surface area contributed by atoms with Crippen molar-refractivity contribution in [2.75, 3.05) is 7.11 Å². The summed E-state index contributed by atoms with van der Waals surface area (Å²) in [5.41, 5.74) is -0.605. The molecule has 0 radical (unpaired) electrons. The zero-order chi connectivity index (χ0) is 15.4. The van der Waals surface area contributed by atoms with Crippen molar-refractivity contribution in [3.8, 4) is 5.75 Å². The molecule has 2 rings (SSSR count). The van der Waals surface area contributed by atoms with E-state index in [-0.39, 0.29) is 12.1 Å². The molecule has 112 valence electrons. The molecule has 0 amide bonds. The summed E-state index contributed by atoms with van der Waals surface area (Å²) in [6.07, 6.45) is 2.24. The third-order valence-corrected chi connectivity index (χ3v) is 3.19. The van der Waals surface area contributed by atoms with Crippen molar-refractivity contribution in [2.45, 2.75) is 26.4 Å². The van der Waals surface area contributed by atoms with Gasteiger partial charge in [0.25, 0.3) is 5.56 Å². The van der Waals surface area contributed by atoms with Crippen LogP contribution in [0.15, 0.2) is 40.1 Å². The van der Waals surface area contributed by atoms with Crippen molar-refractivity contribution >= 4 is 0 Å². The summed E-state index contributed by atoms with van der Waals surface area (Å²) in [5.74, 6) is -0.119.